The lowest BCUT2D eigenvalue weighted by Crippen LogP contribution is -2.22. The van der Waals surface area contributed by atoms with Crippen molar-refractivity contribution in [2.24, 2.45) is 5.92 Å². The van der Waals surface area contributed by atoms with E-state index >= 15 is 0 Å². The molecule has 2 atom stereocenters. The van der Waals surface area contributed by atoms with Gasteiger partial charge >= 0.3 is 6.18 Å². The van der Waals surface area contributed by atoms with Gasteiger partial charge in [0, 0.05) is 36.0 Å². The van der Waals surface area contributed by atoms with E-state index in [1.807, 2.05) is 0 Å². The van der Waals surface area contributed by atoms with Crippen molar-refractivity contribution >= 4 is 0 Å². The van der Waals surface area contributed by atoms with Crippen LogP contribution in [0.5, 0.6) is 11.8 Å². The Morgan fingerprint density at radius 2 is 1.78 bits per heavy atom. The zero-order valence-corrected chi connectivity index (χ0v) is 20.2. The summed E-state index contributed by atoms with van der Waals surface area (Å²) in [6.07, 6.45) is 0.178. The van der Waals surface area contributed by atoms with Crippen molar-refractivity contribution in [1.29, 1.82) is 0 Å². The highest BCUT2D eigenvalue weighted by Gasteiger charge is 2.45. The first-order chi connectivity index (χ1) is 17.4. The number of alkyl halides is 3. The van der Waals surface area contributed by atoms with Crippen LogP contribution in [0, 0.1) is 17.6 Å². The lowest BCUT2D eigenvalue weighted by atomic mass is 9.97. The van der Waals surface area contributed by atoms with Gasteiger partial charge in [-0.25, -0.2) is 18.7 Å². The third kappa shape index (κ3) is 5.53. The van der Waals surface area contributed by atoms with Crippen LogP contribution in [0.15, 0.2) is 36.7 Å². The molecule has 1 aromatic carbocycles. The number of hydrogen-bond donors (Lipinski definition) is 1. The number of pyridine rings is 2. The van der Waals surface area contributed by atoms with Gasteiger partial charge in [-0.05, 0) is 73.4 Å². The maximum Gasteiger partial charge on any atom is 0.417 e. The lowest BCUT2D eigenvalue weighted by Gasteiger charge is -2.18. The Balaban J connectivity index is 1.39. The number of fused-ring (bicyclic) bond motifs is 3. The molecule has 2 aliphatic carbocycles. The number of rotatable bonds is 8. The monoisotopic (exact) mass is 520 g/mol. The van der Waals surface area contributed by atoms with Crippen molar-refractivity contribution in [3.63, 3.8) is 0 Å². The fourth-order valence-corrected chi connectivity index (χ4v) is 4.64. The molecule has 196 valence electrons. The largest absolute Gasteiger partial charge is 0.475 e. The van der Waals surface area contributed by atoms with Crippen LogP contribution in [0.1, 0.15) is 54.9 Å². The molecule has 5 rings (SSSR count). The summed E-state index contributed by atoms with van der Waals surface area (Å²) in [6.45, 7) is 2.71. The molecule has 0 amide bonds. The van der Waals surface area contributed by atoms with E-state index in [2.05, 4.69) is 9.97 Å². The van der Waals surface area contributed by atoms with Crippen LogP contribution in [0.3, 0.4) is 0 Å². The van der Waals surface area contributed by atoms with Crippen molar-refractivity contribution in [3.8, 4) is 22.9 Å². The Morgan fingerprint density at radius 1 is 1.00 bits per heavy atom. The van der Waals surface area contributed by atoms with Crippen LogP contribution in [0.4, 0.5) is 22.0 Å². The molecule has 37 heavy (non-hydrogen) atoms. The van der Waals surface area contributed by atoms with E-state index < -0.39 is 40.4 Å². The van der Waals surface area contributed by atoms with Crippen molar-refractivity contribution in [3.05, 3.63) is 70.5 Å². The average molecular weight is 520 g/mol. The molecule has 1 N–H and O–H groups in total. The zero-order valence-electron chi connectivity index (χ0n) is 20.2. The van der Waals surface area contributed by atoms with Gasteiger partial charge in [-0.2, -0.15) is 13.2 Å². The number of ether oxygens (including phenoxy) is 2. The van der Waals surface area contributed by atoms with Gasteiger partial charge in [-0.1, -0.05) is 0 Å². The highest BCUT2D eigenvalue weighted by atomic mass is 19.4. The summed E-state index contributed by atoms with van der Waals surface area (Å²) >= 11 is 0. The summed E-state index contributed by atoms with van der Waals surface area (Å²) in [6, 6.07) is 4.02. The number of aromatic nitrogens is 2. The van der Waals surface area contributed by atoms with Gasteiger partial charge in [-0.3, -0.25) is 0 Å². The minimum absolute atomic E-state index is 0.0450. The summed E-state index contributed by atoms with van der Waals surface area (Å²) < 4.78 is 81.4. The van der Waals surface area contributed by atoms with E-state index in [0.717, 1.165) is 36.7 Å². The van der Waals surface area contributed by atoms with E-state index in [9.17, 15) is 27.1 Å². The Labute approximate surface area is 210 Å². The maximum atomic E-state index is 14.7. The van der Waals surface area contributed by atoms with E-state index in [-0.39, 0.29) is 36.6 Å². The first-order valence-electron chi connectivity index (χ1n) is 11.9. The summed E-state index contributed by atoms with van der Waals surface area (Å²) in [5, 5.41) is 9.74. The number of benzene rings is 1. The Hall–Kier alpha value is -3.27. The first-order valence-corrected chi connectivity index (χ1v) is 11.9. The topological polar surface area (TPSA) is 64.5 Å². The van der Waals surface area contributed by atoms with Gasteiger partial charge in [-0.15, -0.1) is 0 Å². The number of hydrogen-bond acceptors (Lipinski definition) is 5. The van der Waals surface area contributed by atoms with Crippen LogP contribution in [-0.4, -0.2) is 27.3 Å². The second-order valence-electron chi connectivity index (χ2n) is 10.2. The molecule has 0 aliphatic heterocycles. The minimum Gasteiger partial charge on any atom is -0.475 e. The third-order valence-electron chi connectivity index (χ3n) is 6.74. The molecule has 2 unspecified atom stereocenters. The molecule has 2 aliphatic rings. The van der Waals surface area contributed by atoms with Gasteiger partial charge in [0.25, 0.3) is 0 Å². The van der Waals surface area contributed by atoms with E-state index in [1.165, 1.54) is 5.56 Å². The molecule has 1 saturated carbocycles. The second kappa shape index (κ2) is 9.24. The van der Waals surface area contributed by atoms with Gasteiger partial charge in [0.15, 0.2) is 5.82 Å². The fraction of sp³-hybridized carbons (Fsp3) is 0.407. The van der Waals surface area contributed by atoms with Crippen LogP contribution in [0.25, 0.3) is 11.1 Å². The van der Waals surface area contributed by atoms with Gasteiger partial charge < -0.3 is 14.6 Å². The average Bonchev–Trinajstić information content (AvgIpc) is 3.48. The van der Waals surface area contributed by atoms with Crippen molar-refractivity contribution in [1.82, 2.24) is 9.97 Å². The summed E-state index contributed by atoms with van der Waals surface area (Å²) in [4.78, 5) is 8.06. The number of nitrogens with zero attached hydrogens (tertiary/aromatic N) is 2. The Bertz CT molecular complexity index is 1340. The zero-order chi connectivity index (χ0) is 26.5. The van der Waals surface area contributed by atoms with E-state index in [1.54, 1.807) is 26.1 Å². The highest BCUT2D eigenvalue weighted by Crippen LogP contribution is 2.56. The molecule has 3 aromatic rings. The van der Waals surface area contributed by atoms with Crippen LogP contribution < -0.4 is 9.47 Å². The standard InChI is InChI=1S/C27H25F5N2O3/c1-26(2,35)3-4-36-25-23(29)8-16(11-34-25)19-7-17(22(28)10-21(19)27(30,31)32)13-37-24-9-15-5-14-6-18(14)20(15)12-33-24/h7-12,14,18,35H,3-6,13H2,1-2H3. The molecule has 5 nitrogen and oxygen atoms in total. The quantitative estimate of drug-likeness (QED) is 0.358. The second-order valence-corrected chi connectivity index (χ2v) is 10.2. The Morgan fingerprint density at radius 3 is 2.49 bits per heavy atom. The van der Waals surface area contributed by atoms with Crippen molar-refractivity contribution in [2.75, 3.05) is 6.61 Å². The molecule has 0 radical (unpaired) electrons. The molecular formula is C27H25F5N2O3. The number of halogens is 5. The predicted molar refractivity (Wildman–Crippen MR) is 124 cm³/mol. The van der Waals surface area contributed by atoms with Gasteiger partial charge in [0.05, 0.1) is 17.8 Å². The normalized spacial score (nSPS) is 18.4. The lowest BCUT2D eigenvalue weighted by molar-refractivity contribution is -0.137. The third-order valence-corrected chi connectivity index (χ3v) is 6.74. The predicted octanol–water partition coefficient (Wildman–Crippen LogP) is 6.22. The van der Waals surface area contributed by atoms with Crippen molar-refractivity contribution in [2.45, 2.75) is 57.4 Å². The molecular weight excluding hydrogens is 495 g/mol. The minimum atomic E-state index is -4.89. The fourth-order valence-electron chi connectivity index (χ4n) is 4.64. The van der Waals surface area contributed by atoms with Gasteiger partial charge in [0.1, 0.15) is 12.4 Å². The summed E-state index contributed by atoms with van der Waals surface area (Å²) in [5.74, 6) is -1.02. The highest BCUT2D eigenvalue weighted by molar-refractivity contribution is 5.69. The molecule has 2 aromatic heterocycles. The Kier molecular flexibility index (Phi) is 6.34. The van der Waals surface area contributed by atoms with Crippen LogP contribution >= 0.6 is 0 Å². The molecule has 10 heteroatoms. The SMILES string of the molecule is CC(C)(O)CCOc1ncc(-c2cc(COc3cc4c(cn3)C3CC3C4)c(F)cc2C(F)(F)F)cc1F. The molecule has 1 fully saturated rings. The molecule has 0 saturated heterocycles. The van der Waals surface area contributed by atoms with Crippen LogP contribution in [0.2, 0.25) is 0 Å². The van der Waals surface area contributed by atoms with E-state index in [4.69, 9.17) is 9.47 Å². The van der Waals surface area contributed by atoms with Gasteiger partial charge in [0.2, 0.25) is 11.8 Å². The maximum absolute atomic E-state index is 14.7. The smallest absolute Gasteiger partial charge is 0.417 e. The summed E-state index contributed by atoms with van der Waals surface area (Å²) in [5.41, 5.74) is -0.756. The molecule has 2 heterocycles. The van der Waals surface area contributed by atoms with Crippen molar-refractivity contribution < 1.29 is 36.5 Å². The number of aliphatic hydroxyl groups is 1. The molecule has 0 spiro atoms. The first kappa shape index (κ1) is 25.4. The summed E-state index contributed by atoms with van der Waals surface area (Å²) in [7, 11) is 0. The molecule has 0 bridgehead atoms. The van der Waals surface area contributed by atoms with Crippen LogP contribution in [-0.2, 0) is 19.2 Å². The van der Waals surface area contributed by atoms with E-state index in [0.29, 0.717) is 17.9 Å².